The lowest BCUT2D eigenvalue weighted by atomic mass is 10.1. The van der Waals surface area contributed by atoms with Crippen molar-refractivity contribution in [2.24, 2.45) is 5.73 Å². The molecule has 1 amide bonds. The number of carbonyl (C=O) groups is 1. The van der Waals surface area contributed by atoms with Crippen LogP contribution >= 0.6 is 0 Å². The maximum atomic E-state index is 11.3. The van der Waals surface area contributed by atoms with E-state index >= 15 is 0 Å². The van der Waals surface area contributed by atoms with Crippen molar-refractivity contribution in [1.82, 2.24) is 4.90 Å². The first-order chi connectivity index (χ1) is 6.09. The summed E-state index contributed by atoms with van der Waals surface area (Å²) in [6.45, 7) is 1.17. The molecule has 76 valence electrons. The van der Waals surface area contributed by atoms with Gasteiger partial charge in [-0.1, -0.05) is 0 Å². The van der Waals surface area contributed by atoms with Crippen molar-refractivity contribution >= 4 is 17.0 Å². The molecule has 0 aromatic carbocycles. The van der Waals surface area contributed by atoms with Crippen LogP contribution in [0.15, 0.2) is 0 Å². The minimum atomic E-state index is -2.04. The van der Waals surface area contributed by atoms with E-state index in [1.165, 1.54) is 0 Å². The van der Waals surface area contributed by atoms with E-state index in [4.69, 9.17) is 10.3 Å². The van der Waals surface area contributed by atoms with Crippen LogP contribution in [0.1, 0.15) is 12.8 Å². The minimum Gasteiger partial charge on any atom is -0.340 e. The number of likely N-dealkylation sites (tertiary alicyclic amines) is 1. The molecule has 0 bridgehead atoms. The van der Waals surface area contributed by atoms with Gasteiger partial charge in [0, 0.05) is 19.1 Å². The molecule has 3 N–H and O–H groups in total. The van der Waals surface area contributed by atoms with Crippen LogP contribution in [0.3, 0.4) is 0 Å². The molecule has 2 unspecified atom stereocenters. The van der Waals surface area contributed by atoms with Crippen LogP contribution in [0.25, 0.3) is 0 Å². The van der Waals surface area contributed by atoms with Crippen molar-refractivity contribution < 1.29 is 13.6 Å². The van der Waals surface area contributed by atoms with Crippen LogP contribution < -0.4 is 5.73 Å². The first kappa shape index (κ1) is 10.6. The molecule has 5 nitrogen and oxygen atoms in total. The molecule has 0 radical (unpaired) electrons. The van der Waals surface area contributed by atoms with Gasteiger partial charge in [0.25, 0.3) is 0 Å². The molecule has 2 atom stereocenters. The fourth-order valence-electron chi connectivity index (χ4n) is 1.43. The molecule has 0 aromatic heterocycles. The number of piperidine rings is 1. The van der Waals surface area contributed by atoms with Gasteiger partial charge in [0.05, 0.1) is 0 Å². The Kier molecular flexibility index (Phi) is 3.83. The summed E-state index contributed by atoms with van der Waals surface area (Å²) >= 11 is -2.04. The molecule has 13 heavy (non-hydrogen) atoms. The molecule has 0 aromatic rings. The van der Waals surface area contributed by atoms with Gasteiger partial charge in [0.15, 0.2) is 11.1 Å². The third-order valence-electron chi connectivity index (χ3n) is 2.06. The summed E-state index contributed by atoms with van der Waals surface area (Å²) < 4.78 is 18.9. The molecule has 1 rings (SSSR count). The Labute approximate surface area is 79.6 Å². The Morgan fingerprint density at radius 1 is 1.69 bits per heavy atom. The van der Waals surface area contributed by atoms with Crippen LogP contribution in [0.2, 0.25) is 0 Å². The lowest BCUT2D eigenvalue weighted by Gasteiger charge is -2.30. The molecule has 6 heteroatoms. The van der Waals surface area contributed by atoms with Crippen molar-refractivity contribution in [3.05, 3.63) is 0 Å². The van der Waals surface area contributed by atoms with E-state index in [0.29, 0.717) is 13.1 Å². The van der Waals surface area contributed by atoms with Gasteiger partial charge in [-0.3, -0.25) is 4.79 Å². The van der Waals surface area contributed by atoms with Crippen molar-refractivity contribution in [1.29, 1.82) is 0 Å². The Morgan fingerprint density at radius 2 is 2.38 bits per heavy atom. The van der Waals surface area contributed by atoms with Gasteiger partial charge in [-0.15, -0.1) is 0 Å². The smallest absolute Gasteiger partial charge is 0.237 e. The summed E-state index contributed by atoms with van der Waals surface area (Å²) in [5.41, 5.74) is 5.66. The molecule has 1 aliphatic rings. The number of carbonyl (C=O) groups excluding carboxylic acids is 1. The second kappa shape index (κ2) is 4.69. The third-order valence-corrected chi connectivity index (χ3v) is 2.55. The second-order valence-corrected chi connectivity index (χ2v) is 4.14. The molecule has 1 heterocycles. The highest BCUT2D eigenvalue weighted by Crippen LogP contribution is 2.08. The van der Waals surface area contributed by atoms with Gasteiger partial charge in [-0.2, -0.15) is 0 Å². The predicted molar refractivity (Wildman–Crippen MR) is 49.4 cm³/mol. The Morgan fingerprint density at radius 3 is 2.92 bits per heavy atom. The Balaban J connectivity index is 2.41. The normalized spacial score (nSPS) is 25.7. The lowest BCUT2D eigenvalue weighted by molar-refractivity contribution is -0.129. The highest BCUT2D eigenvalue weighted by Gasteiger charge is 2.21. The first-order valence-electron chi connectivity index (χ1n) is 4.20. The van der Waals surface area contributed by atoms with E-state index < -0.39 is 11.1 Å². The molecule has 0 saturated carbocycles. The Bertz CT molecular complexity index is 222. The minimum absolute atomic E-state index is 0.0184. The topological polar surface area (TPSA) is 83.6 Å². The molecule has 0 spiro atoms. The van der Waals surface area contributed by atoms with Crippen molar-refractivity contribution in [2.75, 3.05) is 18.8 Å². The van der Waals surface area contributed by atoms with E-state index in [1.807, 2.05) is 0 Å². The maximum absolute atomic E-state index is 11.3. The molecule has 1 fully saturated rings. The summed E-state index contributed by atoms with van der Waals surface area (Å²) in [7, 11) is 0. The number of nitrogens with zero attached hydrogens (tertiary/aromatic N) is 1. The third kappa shape index (κ3) is 3.41. The summed E-state index contributed by atoms with van der Waals surface area (Å²) in [6.07, 6.45) is 1.80. The second-order valence-electron chi connectivity index (χ2n) is 3.21. The SMILES string of the molecule is NC1CCCN(C(=O)CS(=O)O)C1. The highest BCUT2D eigenvalue weighted by atomic mass is 32.2. The van der Waals surface area contributed by atoms with Gasteiger partial charge in [-0.25, -0.2) is 4.21 Å². The van der Waals surface area contributed by atoms with E-state index in [-0.39, 0.29) is 17.7 Å². The average Bonchev–Trinajstić information content (AvgIpc) is 2.03. The molecule has 0 aliphatic carbocycles. The lowest BCUT2D eigenvalue weighted by Crippen LogP contribution is -2.47. The van der Waals surface area contributed by atoms with Crippen LogP contribution in [0.4, 0.5) is 0 Å². The van der Waals surface area contributed by atoms with Crippen molar-refractivity contribution in [3.63, 3.8) is 0 Å². The zero-order valence-electron chi connectivity index (χ0n) is 7.31. The molecular weight excluding hydrogens is 192 g/mol. The van der Waals surface area contributed by atoms with Gasteiger partial charge >= 0.3 is 0 Å². The monoisotopic (exact) mass is 206 g/mol. The summed E-state index contributed by atoms with van der Waals surface area (Å²) in [4.78, 5) is 12.8. The fraction of sp³-hybridized carbons (Fsp3) is 0.857. The number of hydrogen-bond donors (Lipinski definition) is 2. The Hall–Kier alpha value is -0.460. The summed E-state index contributed by atoms with van der Waals surface area (Å²) in [5.74, 6) is -0.594. The van der Waals surface area contributed by atoms with Crippen LogP contribution in [0.5, 0.6) is 0 Å². The molecule has 1 saturated heterocycles. The quantitative estimate of drug-likeness (QED) is 0.577. The van der Waals surface area contributed by atoms with Crippen molar-refractivity contribution in [3.8, 4) is 0 Å². The maximum Gasteiger partial charge on any atom is 0.237 e. The standard InChI is InChI=1S/C7H14N2O3S/c8-6-2-1-3-9(4-6)7(10)5-13(11)12/h6H,1-5,8H2,(H,11,12). The van der Waals surface area contributed by atoms with Gasteiger partial charge in [0.2, 0.25) is 5.91 Å². The van der Waals surface area contributed by atoms with Gasteiger partial charge < -0.3 is 15.2 Å². The summed E-state index contributed by atoms with van der Waals surface area (Å²) in [5, 5.41) is 0. The molecular formula is C7H14N2O3S. The van der Waals surface area contributed by atoms with Crippen LogP contribution in [-0.2, 0) is 15.9 Å². The largest absolute Gasteiger partial charge is 0.340 e. The molecule has 1 aliphatic heterocycles. The number of nitrogens with two attached hydrogens (primary N) is 1. The van der Waals surface area contributed by atoms with Crippen LogP contribution in [-0.4, -0.2) is 44.5 Å². The predicted octanol–water partition coefficient (Wildman–Crippen LogP) is -0.842. The zero-order chi connectivity index (χ0) is 9.84. The van der Waals surface area contributed by atoms with E-state index in [0.717, 1.165) is 12.8 Å². The average molecular weight is 206 g/mol. The zero-order valence-corrected chi connectivity index (χ0v) is 8.13. The fourth-order valence-corrected chi connectivity index (χ4v) is 1.83. The summed E-state index contributed by atoms with van der Waals surface area (Å²) in [6, 6.07) is 0.0184. The number of rotatable bonds is 2. The van der Waals surface area contributed by atoms with Crippen molar-refractivity contribution in [2.45, 2.75) is 18.9 Å². The van der Waals surface area contributed by atoms with E-state index in [2.05, 4.69) is 0 Å². The van der Waals surface area contributed by atoms with Gasteiger partial charge in [-0.05, 0) is 12.8 Å². The van der Waals surface area contributed by atoms with E-state index in [9.17, 15) is 9.00 Å². The van der Waals surface area contributed by atoms with Gasteiger partial charge in [0.1, 0.15) is 5.75 Å². The highest BCUT2D eigenvalue weighted by molar-refractivity contribution is 7.80. The number of amides is 1. The van der Waals surface area contributed by atoms with E-state index in [1.54, 1.807) is 4.90 Å². The number of hydrogen-bond acceptors (Lipinski definition) is 3. The first-order valence-corrected chi connectivity index (χ1v) is 5.48. The van der Waals surface area contributed by atoms with Crippen LogP contribution in [0, 0.1) is 0 Å².